The van der Waals surface area contributed by atoms with Crippen LogP contribution in [0.3, 0.4) is 0 Å². The van der Waals surface area contributed by atoms with Gasteiger partial charge in [-0.2, -0.15) is 0 Å². The van der Waals surface area contributed by atoms with Gasteiger partial charge in [-0.15, -0.1) is 17.0 Å². The molecule has 0 aliphatic heterocycles. The Kier molecular flexibility index (Phi) is 4.93. The fourth-order valence-electron chi connectivity index (χ4n) is 1.66. The standard InChI is InChI=1S/C8H15NO.BrH/c1-6(10)7-4-2-3-5-8(7)9;/h7-8H,2-5,9H2,1H3;1H/t7-,8-;/m0./s1. The van der Waals surface area contributed by atoms with Crippen LogP contribution in [0.1, 0.15) is 32.6 Å². The minimum Gasteiger partial charge on any atom is -0.327 e. The van der Waals surface area contributed by atoms with Crippen LogP contribution in [0.4, 0.5) is 0 Å². The van der Waals surface area contributed by atoms with Gasteiger partial charge in [-0.1, -0.05) is 12.8 Å². The predicted molar refractivity (Wildman–Crippen MR) is 50.9 cm³/mol. The summed E-state index contributed by atoms with van der Waals surface area (Å²) in [6.07, 6.45) is 4.42. The molecule has 0 saturated heterocycles. The van der Waals surface area contributed by atoms with Gasteiger partial charge in [0.2, 0.25) is 0 Å². The number of halogens is 1. The first-order valence-electron chi connectivity index (χ1n) is 3.98. The largest absolute Gasteiger partial charge is 0.327 e. The molecule has 0 aromatic heterocycles. The maximum absolute atomic E-state index is 10.9. The van der Waals surface area contributed by atoms with Crippen molar-refractivity contribution in [3.05, 3.63) is 0 Å². The van der Waals surface area contributed by atoms with Crippen LogP contribution in [0.5, 0.6) is 0 Å². The molecule has 66 valence electrons. The molecule has 3 heteroatoms. The lowest BCUT2D eigenvalue weighted by Crippen LogP contribution is -2.36. The van der Waals surface area contributed by atoms with E-state index in [2.05, 4.69) is 0 Å². The molecule has 1 aliphatic rings. The zero-order valence-corrected chi connectivity index (χ0v) is 8.59. The van der Waals surface area contributed by atoms with E-state index in [4.69, 9.17) is 5.73 Å². The van der Waals surface area contributed by atoms with E-state index in [1.54, 1.807) is 6.92 Å². The van der Waals surface area contributed by atoms with Gasteiger partial charge in [-0.25, -0.2) is 0 Å². The van der Waals surface area contributed by atoms with Gasteiger partial charge in [0.25, 0.3) is 0 Å². The van der Waals surface area contributed by atoms with Gasteiger partial charge in [0.05, 0.1) is 0 Å². The normalized spacial score (nSPS) is 30.7. The molecule has 2 atom stereocenters. The van der Waals surface area contributed by atoms with E-state index in [0.717, 1.165) is 12.8 Å². The number of Topliss-reactive ketones (excluding diaryl/α,β-unsaturated/α-hetero) is 1. The van der Waals surface area contributed by atoms with Crippen LogP contribution in [0.25, 0.3) is 0 Å². The molecule has 0 aromatic rings. The van der Waals surface area contributed by atoms with Crippen LogP contribution >= 0.6 is 17.0 Å². The average Bonchev–Trinajstić information content (AvgIpc) is 1.88. The van der Waals surface area contributed by atoms with Crippen molar-refractivity contribution < 1.29 is 4.79 Å². The molecular formula is C8H16BrNO. The maximum Gasteiger partial charge on any atom is 0.134 e. The van der Waals surface area contributed by atoms with Gasteiger partial charge in [0.15, 0.2) is 0 Å². The van der Waals surface area contributed by atoms with Crippen molar-refractivity contribution in [2.24, 2.45) is 11.7 Å². The molecular weight excluding hydrogens is 206 g/mol. The Morgan fingerprint density at radius 1 is 1.36 bits per heavy atom. The number of nitrogens with two attached hydrogens (primary N) is 1. The quantitative estimate of drug-likeness (QED) is 0.733. The first kappa shape index (κ1) is 11.1. The number of rotatable bonds is 1. The number of hydrogen-bond acceptors (Lipinski definition) is 2. The van der Waals surface area contributed by atoms with Crippen LogP contribution in [0.2, 0.25) is 0 Å². The SMILES string of the molecule is Br.CC(=O)[C@@H]1CCCC[C@@H]1N. The van der Waals surface area contributed by atoms with Crippen molar-refractivity contribution >= 4 is 22.8 Å². The summed E-state index contributed by atoms with van der Waals surface area (Å²) in [6.45, 7) is 1.65. The summed E-state index contributed by atoms with van der Waals surface area (Å²) in [5.41, 5.74) is 5.76. The minimum atomic E-state index is 0. The van der Waals surface area contributed by atoms with E-state index < -0.39 is 0 Å². The Morgan fingerprint density at radius 3 is 2.27 bits per heavy atom. The summed E-state index contributed by atoms with van der Waals surface area (Å²) in [4.78, 5) is 10.9. The Hall–Kier alpha value is 0.110. The molecule has 0 unspecified atom stereocenters. The fraction of sp³-hybridized carbons (Fsp3) is 0.875. The van der Waals surface area contributed by atoms with Crippen molar-refractivity contribution in [1.82, 2.24) is 0 Å². The van der Waals surface area contributed by atoms with Crippen LogP contribution < -0.4 is 5.73 Å². The lowest BCUT2D eigenvalue weighted by molar-refractivity contribution is -0.122. The second kappa shape index (κ2) is 4.88. The highest BCUT2D eigenvalue weighted by molar-refractivity contribution is 8.93. The van der Waals surface area contributed by atoms with Gasteiger partial charge >= 0.3 is 0 Å². The van der Waals surface area contributed by atoms with Gasteiger partial charge in [0.1, 0.15) is 5.78 Å². The molecule has 0 heterocycles. The number of carbonyl (C=O) groups is 1. The van der Waals surface area contributed by atoms with Gasteiger partial charge in [0, 0.05) is 12.0 Å². The molecule has 0 aromatic carbocycles. The molecule has 0 bridgehead atoms. The van der Waals surface area contributed by atoms with E-state index in [0.29, 0.717) is 0 Å². The summed E-state index contributed by atoms with van der Waals surface area (Å²) in [7, 11) is 0. The smallest absolute Gasteiger partial charge is 0.134 e. The highest BCUT2D eigenvalue weighted by Gasteiger charge is 2.24. The van der Waals surface area contributed by atoms with E-state index in [1.807, 2.05) is 0 Å². The van der Waals surface area contributed by atoms with Crippen molar-refractivity contribution in [1.29, 1.82) is 0 Å². The monoisotopic (exact) mass is 221 g/mol. The van der Waals surface area contributed by atoms with E-state index in [9.17, 15) is 4.79 Å². The lowest BCUT2D eigenvalue weighted by atomic mass is 9.83. The first-order valence-corrected chi connectivity index (χ1v) is 3.98. The van der Waals surface area contributed by atoms with Crippen LogP contribution in [0, 0.1) is 5.92 Å². The van der Waals surface area contributed by atoms with Gasteiger partial charge in [-0.3, -0.25) is 4.79 Å². The third-order valence-electron chi connectivity index (χ3n) is 2.34. The van der Waals surface area contributed by atoms with Crippen molar-refractivity contribution in [3.63, 3.8) is 0 Å². The van der Waals surface area contributed by atoms with Crippen LogP contribution in [-0.4, -0.2) is 11.8 Å². The topological polar surface area (TPSA) is 43.1 Å². The Balaban J connectivity index is 0.000001000. The summed E-state index contributed by atoms with van der Waals surface area (Å²) in [5.74, 6) is 0.431. The van der Waals surface area contributed by atoms with Crippen LogP contribution in [-0.2, 0) is 4.79 Å². The van der Waals surface area contributed by atoms with Crippen molar-refractivity contribution in [2.45, 2.75) is 38.6 Å². The zero-order chi connectivity index (χ0) is 7.56. The Labute approximate surface area is 78.3 Å². The highest BCUT2D eigenvalue weighted by atomic mass is 79.9. The Morgan fingerprint density at radius 2 is 1.91 bits per heavy atom. The molecule has 1 saturated carbocycles. The van der Waals surface area contributed by atoms with Crippen molar-refractivity contribution in [3.8, 4) is 0 Å². The van der Waals surface area contributed by atoms with Gasteiger partial charge < -0.3 is 5.73 Å². The van der Waals surface area contributed by atoms with Gasteiger partial charge in [-0.05, 0) is 19.8 Å². The second-order valence-electron chi connectivity index (χ2n) is 3.17. The number of ketones is 1. The molecule has 0 amide bonds. The lowest BCUT2D eigenvalue weighted by Gasteiger charge is -2.25. The van der Waals surface area contributed by atoms with Crippen molar-refractivity contribution in [2.75, 3.05) is 0 Å². The second-order valence-corrected chi connectivity index (χ2v) is 3.17. The molecule has 1 fully saturated rings. The molecule has 2 N–H and O–H groups in total. The molecule has 11 heavy (non-hydrogen) atoms. The summed E-state index contributed by atoms with van der Waals surface area (Å²) < 4.78 is 0. The number of carbonyl (C=O) groups excluding carboxylic acids is 1. The molecule has 0 spiro atoms. The molecule has 1 rings (SSSR count). The van der Waals surface area contributed by atoms with E-state index >= 15 is 0 Å². The fourth-order valence-corrected chi connectivity index (χ4v) is 1.66. The highest BCUT2D eigenvalue weighted by Crippen LogP contribution is 2.23. The third kappa shape index (κ3) is 2.91. The summed E-state index contributed by atoms with van der Waals surface area (Å²) >= 11 is 0. The Bertz CT molecular complexity index is 138. The molecule has 1 aliphatic carbocycles. The maximum atomic E-state index is 10.9. The first-order chi connectivity index (χ1) is 4.72. The molecule has 0 radical (unpaired) electrons. The van der Waals surface area contributed by atoms with E-state index in [-0.39, 0.29) is 34.7 Å². The molecule has 2 nitrogen and oxygen atoms in total. The number of hydrogen-bond donors (Lipinski definition) is 1. The summed E-state index contributed by atoms with van der Waals surface area (Å²) in [5, 5.41) is 0. The summed E-state index contributed by atoms with van der Waals surface area (Å²) in [6, 6.07) is 0.145. The van der Waals surface area contributed by atoms with Crippen LogP contribution in [0.15, 0.2) is 0 Å². The minimum absolute atomic E-state index is 0. The third-order valence-corrected chi connectivity index (χ3v) is 2.34. The van der Waals surface area contributed by atoms with E-state index in [1.165, 1.54) is 12.8 Å². The predicted octanol–water partition coefficient (Wildman–Crippen LogP) is 1.67. The zero-order valence-electron chi connectivity index (χ0n) is 6.88. The average molecular weight is 222 g/mol.